The van der Waals surface area contributed by atoms with Crippen LogP contribution in [-0.4, -0.2) is 46.9 Å². The van der Waals surface area contributed by atoms with Crippen molar-refractivity contribution >= 4 is 29.7 Å². The van der Waals surface area contributed by atoms with Gasteiger partial charge in [0.25, 0.3) is 5.91 Å². The first-order valence-electron chi connectivity index (χ1n) is 9.53. The fourth-order valence-electron chi connectivity index (χ4n) is 3.40. The lowest BCUT2D eigenvalue weighted by atomic mass is 10.1. The molecule has 1 fully saturated rings. The second kappa shape index (κ2) is 9.98. The first-order chi connectivity index (χ1) is 13.7. The van der Waals surface area contributed by atoms with Crippen LogP contribution in [0.1, 0.15) is 21.6 Å². The van der Waals surface area contributed by atoms with Crippen LogP contribution >= 0.6 is 23.7 Å². The number of piperazine rings is 1. The van der Waals surface area contributed by atoms with E-state index in [4.69, 9.17) is 10.7 Å². The van der Waals surface area contributed by atoms with Crippen LogP contribution < -0.4 is 5.73 Å². The maximum absolute atomic E-state index is 12.7. The minimum absolute atomic E-state index is 0. The largest absolute Gasteiger partial charge is 0.336 e. The van der Waals surface area contributed by atoms with Crippen molar-refractivity contribution in [2.24, 2.45) is 5.73 Å². The summed E-state index contributed by atoms with van der Waals surface area (Å²) >= 11 is 1.69. The molecule has 5 nitrogen and oxygen atoms in total. The molecule has 4 rings (SSSR count). The normalized spacial score (nSPS) is 14.4. The molecule has 152 valence electrons. The lowest BCUT2D eigenvalue weighted by Crippen LogP contribution is -2.48. The maximum atomic E-state index is 12.7. The molecule has 0 aliphatic carbocycles. The van der Waals surface area contributed by atoms with Gasteiger partial charge in [0.15, 0.2) is 0 Å². The zero-order chi connectivity index (χ0) is 19.3. The molecule has 3 aromatic rings. The van der Waals surface area contributed by atoms with E-state index < -0.39 is 0 Å². The number of carbonyl (C=O) groups excluding carboxylic acids is 1. The molecular formula is C22H25ClN4OS. The lowest BCUT2D eigenvalue weighted by molar-refractivity contribution is 0.0627. The third-order valence-electron chi connectivity index (χ3n) is 5.05. The minimum Gasteiger partial charge on any atom is -0.336 e. The van der Waals surface area contributed by atoms with E-state index in [1.54, 1.807) is 11.3 Å². The minimum atomic E-state index is 0. The first-order valence-corrected chi connectivity index (χ1v) is 10.4. The predicted molar refractivity (Wildman–Crippen MR) is 120 cm³/mol. The molecule has 2 heterocycles. The number of rotatable bonds is 5. The Balaban J connectivity index is 0.00000240. The molecular weight excluding hydrogens is 404 g/mol. The number of benzene rings is 2. The Hall–Kier alpha value is -2.25. The monoisotopic (exact) mass is 428 g/mol. The molecule has 0 radical (unpaired) electrons. The summed E-state index contributed by atoms with van der Waals surface area (Å²) in [6.07, 6.45) is 0. The molecule has 1 aliphatic heterocycles. The van der Waals surface area contributed by atoms with Crippen molar-refractivity contribution in [3.05, 3.63) is 76.8 Å². The van der Waals surface area contributed by atoms with E-state index in [-0.39, 0.29) is 18.3 Å². The van der Waals surface area contributed by atoms with Gasteiger partial charge < -0.3 is 10.6 Å². The highest BCUT2D eigenvalue weighted by atomic mass is 35.5. The summed E-state index contributed by atoms with van der Waals surface area (Å²) in [6.45, 7) is 4.54. The van der Waals surface area contributed by atoms with Gasteiger partial charge >= 0.3 is 0 Å². The average Bonchev–Trinajstić information content (AvgIpc) is 3.23. The van der Waals surface area contributed by atoms with Gasteiger partial charge in [-0.1, -0.05) is 42.5 Å². The van der Waals surface area contributed by atoms with Crippen molar-refractivity contribution in [2.45, 2.75) is 13.1 Å². The Morgan fingerprint density at radius 2 is 1.69 bits per heavy atom. The van der Waals surface area contributed by atoms with Gasteiger partial charge in [-0.3, -0.25) is 9.69 Å². The van der Waals surface area contributed by atoms with E-state index in [0.717, 1.165) is 60.1 Å². The van der Waals surface area contributed by atoms with E-state index in [9.17, 15) is 4.79 Å². The Bertz CT molecular complexity index is 922. The molecule has 0 unspecified atom stereocenters. The van der Waals surface area contributed by atoms with Crippen molar-refractivity contribution in [3.63, 3.8) is 0 Å². The Kier molecular flexibility index (Phi) is 7.39. The van der Waals surface area contributed by atoms with Crippen molar-refractivity contribution in [3.8, 4) is 10.6 Å². The zero-order valence-corrected chi connectivity index (χ0v) is 17.8. The van der Waals surface area contributed by atoms with Crippen LogP contribution in [0.25, 0.3) is 10.6 Å². The molecule has 1 aromatic heterocycles. The summed E-state index contributed by atoms with van der Waals surface area (Å²) in [5.74, 6) is 0.100. The molecule has 0 saturated carbocycles. The Morgan fingerprint density at radius 1 is 1.00 bits per heavy atom. The van der Waals surface area contributed by atoms with Gasteiger partial charge in [-0.05, 0) is 17.7 Å². The summed E-state index contributed by atoms with van der Waals surface area (Å²) in [5.41, 5.74) is 9.66. The number of nitrogens with two attached hydrogens (primary N) is 1. The van der Waals surface area contributed by atoms with Gasteiger partial charge in [-0.2, -0.15) is 0 Å². The van der Waals surface area contributed by atoms with Crippen molar-refractivity contribution in [2.75, 3.05) is 26.2 Å². The number of thiazole rings is 1. The topological polar surface area (TPSA) is 62.5 Å². The van der Waals surface area contributed by atoms with E-state index in [1.807, 2.05) is 47.4 Å². The Morgan fingerprint density at radius 3 is 2.34 bits per heavy atom. The van der Waals surface area contributed by atoms with Crippen LogP contribution in [0.3, 0.4) is 0 Å². The Labute approximate surface area is 181 Å². The van der Waals surface area contributed by atoms with E-state index in [1.165, 1.54) is 0 Å². The summed E-state index contributed by atoms with van der Waals surface area (Å²) in [6, 6.07) is 17.9. The van der Waals surface area contributed by atoms with Gasteiger partial charge in [0.05, 0.1) is 5.69 Å². The summed E-state index contributed by atoms with van der Waals surface area (Å²) in [5, 5.41) is 3.20. The van der Waals surface area contributed by atoms with Gasteiger partial charge in [0.1, 0.15) is 5.01 Å². The van der Waals surface area contributed by atoms with Crippen LogP contribution in [0.5, 0.6) is 0 Å². The van der Waals surface area contributed by atoms with Crippen LogP contribution in [-0.2, 0) is 13.1 Å². The molecule has 1 aliphatic rings. The van der Waals surface area contributed by atoms with E-state index in [0.29, 0.717) is 6.54 Å². The van der Waals surface area contributed by atoms with Crippen molar-refractivity contribution in [1.82, 2.24) is 14.8 Å². The summed E-state index contributed by atoms with van der Waals surface area (Å²) in [4.78, 5) is 21.8. The summed E-state index contributed by atoms with van der Waals surface area (Å²) in [7, 11) is 0. The number of amides is 1. The van der Waals surface area contributed by atoms with Gasteiger partial charge in [-0.25, -0.2) is 4.98 Å². The molecule has 1 amide bonds. The smallest absolute Gasteiger partial charge is 0.253 e. The predicted octanol–water partition coefficient (Wildman–Crippen LogP) is 3.65. The number of hydrogen-bond donors (Lipinski definition) is 1. The molecule has 0 atom stereocenters. The summed E-state index contributed by atoms with van der Waals surface area (Å²) < 4.78 is 0. The third kappa shape index (κ3) is 5.22. The van der Waals surface area contributed by atoms with E-state index in [2.05, 4.69) is 22.4 Å². The van der Waals surface area contributed by atoms with Crippen LogP contribution in [0.15, 0.2) is 60.0 Å². The third-order valence-corrected chi connectivity index (χ3v) is 5.99. The zero-order valence-electron chi connectivity index (χ0n) is 16.2. The van der Waals surface area contributed by atoms with Crippen molar-refractivity contribution < 1.29 is 4.79 Å². The fourth-order valence-corrected chi connectivity index (χ4v) is 4.21. The van der Waals surface area contributed by atoms with Gasteiger partial charge in [0.2, 0.25) is 0 Å². The SMILES string of the molecule is Cl.NCc1ccc(C(=O)N2CCN(Cc3csc(-c4ccccc4)n3)CC2)cc1. The number of halogens is 1. The quantitative estimate of drug-likeness (QED) is 0.673. The van der Waals surface area contributed by atoms with Crippen LogP contribution in [0, 0.1) is 0 Å². The number of aromatic nitrogens is 1. The highest BCUT2D eigenvalue weighted by molar-refractivity contribution is 7.13. The molecule has 0 spiro atoms. The number of carbonyl (C=O) groups is 1. The first kappa shape index (κ1) is 21.5. The number of hydrogen-bond acceptors (Lipinski definition) is 5. The van der Waals surface area contributed by atoms with Crippen molar-refractivity contribution in [1.29, 1.82) is 0 Å². The lowest BCUT2D eigenvalue weighted by Gasteiger charge is -2.34. The molecule has 2 aromatic carbocycles. The standard InChI is InChI=1S/C22H24N4OS.ClH/c23-14-17-6-8-19(9-7-17)22(27)26-12-10-25(11-13-26)15-20-16-28-21(24-20)18-4-2-1-3-5-18;/h1-9,16H,10-15,23H2;1H. The average molecular weight is 429 g/mol. The molecule has 0 bridgehead atoms. The molecule has 1 saturated heterocycles. The maximum Gasteiger partial charge on any atom is 0.253 e. The highest BCUT2D eigenvalue weighted by Crippen LogP contribution is 2.24. The van der Waals surface area contributed by atoms with Gasteiger partial charge in [0, 0.05) is 55.8 Å². The van der Waals surface area contributed by atoms with Crippen LogP contribution in [0.2, 0.25) is 0 Å². The fraction of sp³-hybridized carbons (Fsp3) is 0.273. The second-order valence-electron chi connectivity index (χ2n) is 6.98. The molecule has 2 N–H and O–H groups in total. The molecule has 29 heavy (non-hydrogen) atoms. The molecule has 7 heteroatoms. The second-order valence-corrected chi connectivity index (χ2v) is 7.84. The highest BCUT2D eigenvalue weighted by Gasteiger charge is 2.22. The van der Waals surface area contributed by atoms with Crippen LogP contribution in [0.4, 0.5) is 0 Å². The van der Waals surface area contributed by atoms with E-state index >= 15 is 0 Å². The van der Waals surface area contributed by atoms with Gasteiger partial charge in [-0.15, -0.1) is 23.7 Å². The number of nitrogens with zero attached hydrogens (tertiary/aromatic N) is 3.